The number of carbonyl (C=O) groups is 3. The van der Waals surface area contributed by atoms with Crippen molar-refractivity contribution in [2.45, 2.75) is 212 Å². The first-order valence-corrected chi connectivity index (χ1v) is 22.7. The lowest BCUT2D eigenvalue weighted by Gasteiger charge is -2.20. The molecule has 3 unspecified atom stereocenters. The number of ether oxygens (including phenoxy) is 2. The summed E-state index contributed by atoms with van der Waals surface area (Å²) in [6.07, 6.45) is 35.6. The third-order valence-corrected chi connectivity index (χ3v) is 10.2. The normalized spacial score (nSPS) is 13.9. The van der Waals surface area contributed by atoms with Crippen molar-refractivity contribution in [3.8, 4) is 0 Å². The number of carboxylic acids is 1. The largest absolute Gasteiger partial charge is 0.480 e. The average Bonchev–Trinajstić information content (AvgIpc) is 3.13. The third kappa shape index (κ3) is 36.9. The Morgan fingerprint density at radius 1 is 0.566 bits per heavy atom. The molecule has 0 aliphatic rings. The Balaban J connectivity index is 4.32. The number of unbranched alkanes of at least 4 members (excludes halogenated alkanes) is 24. The Morgan fingerprint density at radius 2 is 0.943 bits per heavy atom. The predicted octanol–water partition coefficient (Wildman–Crippen LogP) is 10.9. The lowest BCUT2D eigenvalue weighted by atomic mass is 10.0. The van der Waals surface area contributed by atoms with Gasteiger partial charge in [0.1, 0.15) is 12.6 Å². The van der Waals surface area contributed by atoms with Crippen LogP contribution in [0.5, 0.6) is 0 Å². The molecule has 0 aromatic carbocycles. The highest BCUT2D eigenvalue weighted by molar-refractivity contribution is 7.47. The van der Waals surface area contributed by atoms with Crippen molar-refractivity contribution in [3.05, 3.63) is 12.2 Å². The van der Waals surface area contributed by atoms with E-state index in [1.54, 1.807) is 0 Å². The first kappa shape index (κ1) is 51.2. The number of phosphoric acid groups is 1. The van der Waals surface area contributed by atoms with Crippen LogP contribution in [0.2, 0.25) is 0 Å². The maximum atomic E-state index is 12.6. The van der Waals surface area contributed by atoms with Crippen LogP contribution < -0.4 is 5.73 Å². The summed E-state index contributed by atoms with van der Waals surface area (Å²) in [4.78, 5) is 45.8. The lowest BCUT2D eigenvalue weighted by Crippen LogP contribution is -2.34. The van der Waals surface area contributed by atoms with Crippen LogP contribution in [0.25, 0.3) is 0 Å². The van der Waals surface area contributed by atoms with Crippen molar-refractivity contribution in [1.29, 1.82) is 0 Å². The number of rotatable bonds is 40. The topological polar surface area (TPSA) is 172 Å². The Hall–Kier alpha value is -1.78. The summed E-state index contributed by atoms with van der Waals surface area (Å²) in [7, 11) is -4.71. The summed E-state index contributed by atoms with van der Waals surface area (Å²) in [6, 6.07) is -1.52. The van der Waals surface area contributed by atoms with Crippen LogP contribution in [0, 0.1) is 0 Å². The van der Waals surface area contributed by atoms with E-state index < -0.39 is 51.1 Å². The summed E-state index contributed by atoms with van der Waals surface area (Å²) >= 11 is 0. The number of hydrogen-bond donors (Lipinski definition) is 3. The minimum Gasteiger partial charge on any atom is -0.480 e. The maximum absolute atomic E-state index is 12.6. The fraction of sp³-hybridized carbons (Fsp3) is 0.878. The van der Waals surface area contributed by atoms with Gasteiger partial charge < -0.3 is 25.2 Å². The minimum atomic E-state index is -4.71. The molecule has 0 aromatic heterocycles. The van der Waals surface area contributed by atoms with Crippen LogP contribution in [-0.4, -0.2) is 59.9 Å². The van der Waals surface area contributed by atoms with E-state index in [2.05, 4.69) is 30.5 Å². The van der Waals surface area contributed by atoms with Gasteiger partial charge in [-0.15, -0.1) is 0 Å². The number of phosphoric ester groups is 1. The smallest absolute Gasteiger partial charge is 0.472 e. The zero-order valence-corrected chi connectivity index (χ0v) is 34.5. The highest BCUT2D eigenvalue weighted by atomic mass is 31.2. The summed E-state index contributed by atoms with van der Waals surface area (Å²) in [5, 5.41) is 8.87. The van der Waals surface area contributed by atoms with E-state index in [0.29, 0.717) is 12.8 Å². The van der Waals surface area contributed by atoms with E-state index in [4.69, 9.17) is 24.8 Å². The second kappa shape index (κ2) is 37.2. The Morgan fingerprint density at radius 3 is 1.42 bits per heavy atom. The highest BCUT2D eigenvalue weighted by Gasteiger charge is 2.28. The number of aliphatic carboxylic acids is 1. The fourth-order valence-electron chi connectivity index (χ4n) is 5.88. The molecular formula is C41H78NO10P. The van der Waals surface area contributed by atoms with Crippen LogP contribution in [-0.2, 0) is 37.5 Å². The van der Waals surface area contributed by atoms with Crippen LogP contribution in [0.3, 0.4) is 0 Å². The third-order valence-electron chi connectivity index (χ3n) is 9.26. The molecule has 53 heavy (non-hydrogen) atoms. The van der Waals surface area contributed by atoms with E-state index in [9.17, 15) is 23.8 Å². The van der Waals surface area contributed by atoms with Gasteiger partial charge >= 0.3 is 25.7 Å². The molecule has 0 fully saturated rings. The monoisotopic (exact) mass is 776 g/mol. The molecule has 4 N–H and O–H groups in total. The fourth-order valence-corrected chi connectivity index (χ4v) is 6.66. The van der Waals surface area contributed by atoms with Crippen LogP contribution in [0.4, 0.5) is 0 Å². The molecule has 0 spiro atoms. The van der Waals surface area contributed by atoms with Crippen molar-refractivity contribution in [1.82, 2.24) is 0 Å². The summed E-state index contributed by atoms with van der Waals surface area (Å²) in [5.41, 5.74) is 5.32. The van der Waals surface area contributed by atoms with Gasteiger partial charge in [-0.2, -0.15) is 0 Å². The van der Waals surface area contributed by atoms with Crippen molar-refractivity contribution in [2.75, 3.05) is 19.8 Å². The van der Waals surface area contributed by atoms with E-state index in [0.717, 1.165) is 57.8 Å². The molecular weight excluding hydrogens is 697 g/mol. The zero-order valence-electron chi connectivity index (χ0n) is 33.6. The van der Waals surface area contributed by atoms with Gasteiger partial charge in [-0.25, -0.2) is 4.57 Å². The van der Waals surface area contributed by atoms with Gasteiger partial charge in [0, 0.05) is 12.8 Å². The van der Waals surface area contributed by atoms with Crippen LogP contribution in [0.1, 0.15) is 200 Å². The van der Waals surface area contributed by atoms with Gasteiger partial charge in [0.2, 0.25) is 0 Å². The quantitative estimate of drug-likeness (QED) is 0.0234. The molecule has 12 heteroatoms. The lowest BCUT2D eigenvalue weighted by molar-refractivity contribution is -0.161. The maximum Gasteiger partial charge on any atom is 0.472 e. The van der Waals surface area contributed by atoms with Gasteiger partial charge in [0.25, 0.3) is 0 Å². The molecule has 0 aromatic rings. The van der Waals surface area contributed by atoms with Crippen molar-refractivity contribution < 1.29 is 47.5 Å². The summed E-state index contributed by atoms with van der Waals surface area (Å²) < 4.78 is 32.6. The Labute approximate surface area is 322 Å². The zero-order chi connectivity index (χ0) is 39.3. The van der Waals surface area contributed by atoms with Gasteiger partial charge in [-0.1, -0.05) is 161 Å². The second-order valence-electron chi connectivity index (χ2n) is 14.5. The molecule has 0 aliphatic carbocycles. The van der Waals surface area contributed by atoms with Gasteiger partial charge in [0.05, 0.1) is 13.2 Å². The van der Waals surface area contributed by atoms with E-state index >= 15 is 0 Å². The minimum absolute atomic E-state index is 0.155. The number of nitrogens with two attached hydrogens (primary N) is 1. The molecule has 0 amide bonds. The van der Waals surface area contributed by atoms with Crippen LogP contribution in [0.15, 0.2) is 12.2 Å². The number of hydrogen-bond acceptors (Lipinski definition) is 9. The molecule has 0 saturated heterocycles. The van der Waals surface area contributed by atoms with E-state index in [1.807, 2.05) is 0 Å². The number of carboxylic acid groups (broad SMARTS) is 1. The van der Waals surface area contributed by atoms with Gasteiger partial charge in [0.15, 0.2) is 6.10 Å². The van der Waals surface area contributed by atoms with Crippen molar-refractivity contribution >= 4 is 25.7 Å². The predicted molar refractivity (Wildman–Crippen MR) is 213 cm³/mol. The molecule has 0 heterocycles. The van der Waals surface area contributed by atoms with E-state index in [1.165, 1.54) is 103 Å². The standard InChI is InChI=1S/C41H78NO10P/c1-3-5-7-9-11-13-15-17-18-19-20-21-23-24-26-28-30-32-39(43)49-34-37(35-50-53(47,48)51-36-38(42)41(45)46)52-40(44)33-31-29-27-25-22-16-14-12-10-8-6-4-2/h12,14,37-38H,3-11,13,15-36,42H2,1-2H3,(H,45,46)(H,47,48)/b14-12-. The first-order valence-electron chi connectivity index (χ1n) is 21.2. The summed E-state index contributed by atoms with van der Waals surface area (Å²) in [6.45, 7) is 2.78. The SMILES string of the molecule is CCCCC/C=C\CCCCCCCC(=O)OC(COC(=O)CCCCCCCCCCCCCCCCCCC)COP(=O)(O)OCC(N)C(=O)O. The summed E-state index contributed by atoms with van der Waals surface area (Å²) in [5.74, 6) is -2.38. The highest BCUT2D eigenvalue weighted by Crippen LogP contribution is 2.43. The van der Waals surface area contributed by atoms with Crippen LogP contribution >= 0.6 is 7.82 Å². The van der Waals surface area contributed by atoms with E-state index in [-0.39, 0.29) is 19.4 Å². The molecule has 3 atom stereocenters. The molecule has 0 radical (unpaired) electrons. The first-order chi connectivity index (χ1) is 25.6. The number of carbonyl (C=O) groups excluding carboxylic acids is 2. The number of allylic oxidation sites excluding steroid dienone is 2. The molecule has 0 saturated carbocycles. The molecule has 0 aliphatic heterocycles. The van der Waals surface area contributed by atoms with Crippen molar-refractivity contribution in [2.24, 2.45) is 5.73 Å². The molecule has 0 bridgehead atoms. The average molecular weight is 776 g/mol. The Bertz CT molecular complexity index is 963. The van der Waals surface area contributed by atoms with Gasteiger partial charge in [-0.3, -0.25) is 23.4 Å². The number of esters is 2. The van der Waals surface area contributed by atoms with Gasteiger partial charge in [-0.05, 0) is 38.5 Å². The molecule has 0 rings (SSSR count). The van der Waals surface area contributed by atoms with Crippen molar-refractivity contribution in [3.63, 3.8) is 0 Å². The Kier molecular flexibility index (Phi) is 35.9. The molecule has 312 valence electrons. The second-order valence-corrected chi connectivity index (χ2v) is 15.9. The molecule has 11 nitrogen and oxygen atoms in total.